The number of nitrogens with zero attached hydrogens (tertiary/aromatic N) is 5. The van der Waals surface area contributed by atoms with E-state index in [4.69, 9.17) is 0 Å². The number of aromatic nitrogens is 4. The Morgan fingerprint density at radius 1 is 1.26 bits per heavy atom. The van der Waals surface area contributed by atoms with Crippen molar-refractivity contribution in [1.82, 2.24) is 19.4 Å². The molecule has 2 atom stereocenters. The first-order valence-corrected chi connectivity index (χ1v) is 12.3. The van der Waals surface area contributed by atoms with Crippen molar-refractivity contribution >= 4 is 17.6 Å². The van der Waals surface area contributed by atoms with Gasteiger partial charge in [-0.15, -0.1) is 0 Å². The van der Waals surface area contributed by atoms with E-state index < -0.39 is 23.8 Å². The molecule has 0 radical (unpaired) electrons. The molecule has 0 bridgehead atoms. The van der Waals surface area contributed by atoms with Crippen LogP contribution in [-0.4, -0.2) is 50.1 Å². The fourth-order valence-corrected chi connectivity index (χ4v) is 5.51. The van der Waals surface area contributed by atoms with Gasteiger partial charge in [-0.2, -0.15) is 8.78 Å². The molecule has 8 nitrogen and oxygen atoms in total. The smallest absolute Gasteiger partial charge is 0.387 e. The lowest BCUT2D eigenvalue weighted by molar-refractivity contribution is -0.143. The van der Waals surface area contributed by atoms with E-state index in [1.807, 2.05) is 4.90 Å². The van der Waals surface area contributed by atoms with Crippen LogP contribution in [0.5, 0.6) is 5.75 Å². The number of imidazole rings is 1. The molecular formula is C27H24F3N5O3. The first kappa shape index (κ1) is 24.2. The van der Waals surface area contributed by atoms with Crippen molar-refractivity contribution in [2.45, 2.75) is 32.8 Å². The van der Waals surface area contributed by atoms with Gasteiger partial charge in [0.05, 0.1) is 11.1 Å². The predicted octanol–water partition coefficient (Wildman–Crippen LogP) is 4.73. The fraction of sp³-hybridized carbons (Fsp3) is 0.333. The van der Waals surface area contributed by atoms with Gasteiger partial charge >= 0.3 is 12.6 Å². The highest BCUT2D eigenvalue weighted by atomic mass is 19.3. The molecule has 11 heteroatoms. The summed E-state index contributed by atoms with van der Waals surface area (Å²) in [4.78, 5) is 26.9. The Bertz CT molecular complexity index is 1540. The van der Waals surface area contributed by atoms with Crippen LogP contribution in [0, 0.1) is 24.1 Å². The van der Waals surface area contributed by atoms with Gasteiger partial charge in [0.1, 0.15) is 17.2 Å². The second kappa shape index (κ2) is 9.00. The Morgan fingerprint density at radius 3 is 2.76 bits per heavy atom. The molecule has 1 N–H and O–H groups in total. The van der Waals surface area contributed by atoms with Gasteiger partial charge in [-0.3, -0.25) is 4.79 Å². The number of para-hydroxylation sites is 1. The number of carboxylic acids is 1. The Balaban J connectivity index is 1.31. The van der Waals surface area contributed by atoms with Gasteiger partial charge in [0.2, 0.25) is 5.95 Å². The maximum Gasteiger partial charge on any atom is 0.387 e. The van der Waals surface area contributed by atoms with Crippen LogP contribution in [0.1, 0.15) is 29.8 Å². The average molecular weight is 524 g/mol. The van der Waals surface area contributed by atoms with Crippen molar-refractivity contribution in [3.63, 3.8) is 0 Å². The summed E-state index contributed by atoms with van der Waals surface area (Å²) < 4.78 is 47.3. The van der Waals surface area contributed by atoms with Crippen LogP contribution in [0.25, 0.3) is 16.8 Å². The third-order valence-corrected chi connectivity index (χ3v) is 7.67. The number of pyridine rings is 1. The number of fused-ring (bicyclic) bond motifs is 2. The molecule has 0 spiro atoms. The first-order chi connectivity index (χ1) is 18.2. The molecule has 196 valence electrons. The third-order valence-electron chi connectivity index (χ3n) is 7.67. The number of carboxylic acid groups (broad SMARTS) is 1. The lowest BCUT2D eigenvalue weighted by Crippen LogP contribution is -2.41. The molecule has 1 aromatic carbocycles. The molecule has 0 unspecified atom stereocenters. The molecule has 1 saturated heterocycles. The number of piperidine rings is 1. The van der Waals surface area contributed by atoms with Crippen LogP contribution in [-0.2, 0) is 11.2 Å². The van der Waals surface area contributed by atoms with Crippen LogP contribution in [0.4, 0.5) is 19.1 Å². The summed E-state index contributed by atoms with van der Waals surface area (Å²) in [7, 11) is 0. The quantitative estimate of drug-likeness (QED) is 0.374. The van der Waals surface area contributed by atoms with E-state index in [0.29, 0.717) is 53.6 Å². The van der Waals surface area contributed by atoms with Crippen molar-refractivity contribution in [2.24, 2.45) is 11.3 Å². The topological polar surface area (TPSA) is 92.9 Å². The number of halogens is 3. The number of carbonyl (C=O) groups is 1. The lowest BCUT2D eigenvalue weighted by atomic mass is 9.98. The minimum Gasteiger partial charge on any atom is -0.481 e. The van der Waals surface area contributed by atoms with Gasteiger partial charge in [0.25, 0.3) is 0 Å². The molecule has 1 aliphatic carbocycles. The highest BCUT2D eigenvalue weighted by Gasteiger charge is 2.62. The normalized spacial score (nSPS) is 20.6. The average Bonchev–Trinajstić information content (AvgIpc) is 3.57. The number of hydrogen-bond donors (Lipinski definition) is 1. The number of ether oxygens (including phenoxy) is 1. The zero-order chi connectivity index (χ0) is 26.6. The molecule has 1 aliphatic heterocycles. The van der Waals surface area contributed by atoms with E-state index in [-0.39, 0.29) is 23.7 Å². The second-order valence-corrected chi connectivity index (χ2v) is 9.91. The minimum atomic E-state index is -2.95. The van der Waals surface area contributed by atoms with E-state index in [1.54, 1.807) is 35.7 Å². The van der Waals surface area contributed by atoms with Crippen LogP contribution >= 0.6 is 0 Å². The van der Waals surface area contributed by atoms with Gasteiger partial charge in [0.15, 0.2) is 0 Å². The summed E-state index contributed by atoms with van der Waals surface area (Å²) in [6, 6.07) is 7.85. The summed E-state index contributed by atoms with van der Waals surface area (Å²) in [5.74, 6) is -0.596. The summed E-state index contributed by atoms with van der Waals surface area (Å²) in [6.07, 6.45) is 6.34. The van der Waals surface area contributed by atoms with Gasteiger partial charge in [0, 0.05) is 66.6 Å². The van der Waals surface area contributed by atoms with E-state index in [0.717, 1.165) is 6.42 Å². The van der Waals surface area contributed by atoms with Gasteiger partial charge in [-0.25, -0.2) is 19.3 Å². The maximum atomic E-state index is 15.1. The zero-order valence-electron chi connectivity index (χ0n) is 20.4. The lowest BCUT2D eigenvalue weighted by Gasteiger charge is -2.30. The number of benzene rings is 1. The Hall–Kier alpha value is -4.15. The van der Waals surface area contributed by atoms with Gasteiger partial charge < -0.3 is 19.1 Å². The molecule has 0 amide bonds. The number of rotatable bonds is 7. The van der Waals surface area contributed by atoms with E-state index in [1.165, 1.54) is 24.5 Å². The number of aliphatic carboxylic acids is 1. The van der Waals surface area contributed by atoms with Crippen LogP contribution in [0.2, 0.25) is 0 Å². The molecule has 4 aromatic rings. The Labute approximate surface area is 215 Å². The van der Waals surface area contributed by atoms with Crippen LogP contribution in [0.15, 0.2) is 48.9 Å². The maximum absolute atomic E-state index is 15.1. The predicted molar refractivity (Wildman–Crippen MR) is 132 cm³/mol. The minimum absolute atomic E-state index is 0.0723. The monoisotopic (exact) mass is 523 g/mol. The van der Waals surface area contributed by atoms with Gasteiger partial charge in [-0.1, -0.05) is 18.2 Å². The van der Waals surface area contributed by atoms with Crippen molar-refractivity contribution < 1.29 is 27.8 Å². The standard InChI is InChI=1S/C27H24F3N5O3/c1-15-21(8-16-4-2-3-5-22(16)38-25(29)30)35-13-19(20(28)9-23(35)33-15)17-11-31-26(32-12-17)34-7-6-18-10-27(18,14-34)24(36)37/h2-5,9,11-13,18,25H,6-8,10,14H2,1H3,(H,36,37)/t18-,27+/m0/s1. The third kappa shape index (κ3) is 4.11. The molecule has 38 heavy (non-hydrogen) atoms. The molecular weight excluding hydrogens is 499 g/mol. The molecule has 6 rings (SSSR count). The summed E-state index contributed by atoms with van der Waals surface area (Å²) in [5.41, 5.74) is 2.26. The van der Waals surface area contributed by atoms with E-state index in [2.05, 4.69) is 19.7 Å². The zero-order valence-corrected chi connectivity index (χ0v) is 20.4. The molecule has 3 aromatic heterocycles. The van der Waals surface area contributed by atoms with Crippen molar-refractivity contribution in [1.29, 1.82) is 0 Å². The van der Waals surface area contributed by atoms with E-state index in [9.17, 15) is 18.7 Å². The summed E-state index contributed by atoms with van der Waals surface area (Å²) in [6.45, 7) is -0.135. The Morgan fingerprint density at radius 2 is 2.03 bits per heavy atom. The van der Waals surface area contributed by atoms with Crippen molar-refractivity contribution in [2.75, 3.05) is 18.0 Å². The molecule has 1 saturated carbocycles. The number of alkyl halides is 2. The summed E-state index contributed by atoms with van der Waals surface area (Å²) >= 11 is 0. The molecule has 4 heterocycles. The highest BCUT2D eigenvalue weighted by Crippen LogP contribution is 2.57. The fourth-order valence-electron chi connectivity index (χ4n) is 5.51. The van der Waals surface area contributed by atoms with Crippen molar-refractivity contribution in [3.05, 3.63) is 71.7 Å². The van der Waals surface area contributed by atoms with Crippen molar-refractivity contribution in [3.8, 4) is 16.9 Å². The molecule has 2 fully saturated rings. The van der Waals surface area contributed by atoms with Crippen LogP contribution < -0.4 is 9.64 Å². The number of aryl methyl sites for hydroxylation is 1. The van der Waals surface area contributed by atoms with E-state index >= 15 is 4.39 Å². The second-order valence-electron chi connectivity index (χ2n) is 9.91. The first-order valence-electron chi connectivity index (χ1n) is 12.3. The number of anilines is 1. The highest BCUT2D eigenvalue weighted by molar-refractivity contribution is 5.80. The summed E-state index contributed by atoms with van der Waals surface area (Å²) in [5, 5.41) is 9.63. The van der Waals surface area contributed by atoms with Crippen LogP contribution in [0.3, 0.4) is 0 Å². The van der Waals surface area contributed by atoms with Gasteiger partial charge in [-0.05, 0) is 31.7 Å². The SMILES string of the molecule is Cc1nc2cc(F)c(-c3cnc(N4CC[C@H]5C[C@@]5(C(=O)O)C4)nc3)cn2c1Cc1ccccc1OC(F)F. The molecule has 2 aliphatic rings. The number of hydrogen-bond acceptors (Lipinski definition) is 6. The largest absolute Gasteiger partial charge is 0.481 e. The Kier molecular flexibility index (Phi) is 5.73.